The van der Waals surface area contributed by atoms with Crippen molar-refractivity contribution in [2.75, 3.05) is 26.1 Å². The quantitative estimate of drug-likeness (QED) is 0.619. The van der Waals surface area contributed by atoms with Crippen molar-refractivity contribution in [1.29, 1.82) is 0 Å². The van der Waals surface area contributed by atoms with Crippen LogP contribution in [0.4, 0.5) is 10.5 Å². The van der Waals surface area contributed by atoms with E-state index >= 15 is 0 Å². The zero-order valence-electron chi connectivity index (χ0n) is 15.2. The van der Waals surface area contributed by atoms with Gasteiger partial charge >= 0.3 is 6.03 Å². The maximum absolute atomic E-state index is 12.2. The first-order chi connectivity index (χ1) is 12.5. The zero-order valence-corrected chi connectivity index (χ0v) is 15.2. The molecule has 26 heavy (non-hydrogen) atoms. The summed E-state index contributed by atoms with van der Waals surface area (Å²) in [5, 5.41) is 16.1. The van der Waals surface area contributed by atoms with Crippen LogP contribution < -0.4 is 16.0 Å². The van der Waals surface area contributed by atoms with Crippen LogP contribution in [-0.4, -0.2) is 47.5 Å². The van der Waals surface area contributed by atoms with Gasteiger partial charge in [-0.1, -0.05) is 6.07 Å². The number of nitrogens with one attached hydrogen (secondary N) is 3. The summed E-state index contributed by atoms with van der Waals surface area (Å²) < 4.78 is 6.93. The molecule has 3 N–H and O–H groups in total. The van der Waals surface area contributed by atoms with Gasteiger partial charge in [0.15, 0.2) is 5.82 Å². The van der Waals surface area contributed by atoms with Crippen molar-refractivity contribution in [3.05, 3.63) is 42.0 Å². The summed E-state index contributed by atoms with van der Waals surface area (Å²) >= 11 is 0. The standard InChI is InChI=1S/C17H24N6O3/c1-12(15-22-19-11-23(15)8-5-9-26-3)20-17(25)21-14-7-4-6-13(10-14)16(24)18-2/h4,6-7,10-12H,5,8-9H2,1-3H3,(H,18,24)(H2,20,21,25)/t12-/m0/s1. The third-order valence-corrected chi connectivity index (χ3v) is 3.74. The van der Waals surface area contributed by atoms with E-state index in [1.807, 2.05) is 11.5 Å². The van der Waals surface area contributed by atoms with Crippen molar-refractivity contribution >= 4 is 17.6 Å². The van der Waals surface area contributed by atoms with Crippen LogP contribution in [0.25, 0.3) is 0 Å². The van der Waals surface area contributed by atoms with Crippen LogP contribution >= 0.6 is 0 Å². The highest BCUT2D eigenvalue weighted by molar-refractivity contribution is 5.96. The molecule has 0 spiro atoms. The van der Waals surface area contributed by atoms with Gasteiger partial charge in [-0.3, -0.25) is 4.79 Å². The van der Waals surface area contributed by atoms with Crippen molar-refractivity contribution < 1.29 is 14.3 Å². The molecule has 1 aromatic carbocycles. The fourth-order valence-electron chi connectivity index (χ4n) is 2.46. The van der Waals surface area contributed by atoms with Crippen LogP contribution in [0, 0.1) is 0 Å². The summed E-state index contributed by atoms with van der Waals surface area (Å²) in [5.74, 6) is 0.446. The SMILES string of the molecule is CNC(=O)c1cccc(NC(=O)N[C@@H](C)c2nncn2CCCOC)c1. The van der Waals surface area contributed by atoms with Gasteiger partial charge in [-0.15, -0.1) is 10.2 Å². The van der Waals surface area contributed by atoms with E-state index in [4.69, 9.17) is 4.74 Å². The second-order valence-corrected chi connectivity index (χ2v) is 5.71. The molecule has 1 atom stereocenters. The average molecular weight is 360 g/mol. The second-order valence-electron chi connectivity index (χ2n) is 5.71. The Morgan fingerprint density at radius 3 is 2.88 bits per heavy atom. The number of hydrogen-bond acceptors (Lipinski definition) is 5. The lowest BCUT2D eigenvalue weighted by atomic mass is 10.2. The molecule has 140 valence electrons. The van der Waals surface area contributed by atoms with E-state index in [-0.39, 0.29) is 11.9 Å². The Morgan fingerprint density at radius 2 is 2.15 bits per heavy atom. The van der Waals surface area contributed by atoms with Gasteiger partial charge < -0.3 is 25.3 Å². The molecule has 0 saturated heterocycles. The van der Waals surface area contributed by atoms with Crippen molar-refractivity contribution in [2.45, 2.75) is 25.9 Å². The molecule has 1 heterocycles. The Bertz CT molecular complexity index is 746. The van der Waals surface area contributed by atoms with Gasteiger partial charge in [0.05, 0.1) is 6.04 Å². The highest BCUT2D eigenvalue weighted by Crippen LogP contribution is 2.13. The van der Waals surface area contributed by atoms with Gasteiger partial charge in [-0.2, -0.15) is 0 Å². The number of nitrogens with zero attached hydrogens (tertiary/aromatic N) is 3. The fourth-order valence-corrected chi connectivity index (χ4v) is 2.46. The van der Waals surface area contributed by atoms with Crippen molar-refractivity contribution in [3.63, 3.8) is 0 Å². The normalized spacial score (nSPS) is 11.7. The predicted molar refractivity (Wildman–Crippen MR) is 96.9 cm³/mol. The zero-order chi connectivity index (χ0) is 18.9. The Kier molecular flexibility index (Phi) is 7.10. The number of hydrogen-bond donors (Lipinski definition) is 3. The number of urea groups is 1. The topological polar surface area (TPSA) is 110 Å². The number of benzene rings is 1. The fraction of sp³-hybridized carbons (Fsp3) is 0.412. The third-order valence-electron chi connectivity index (χ3n) is 3.74. The largest absolute Gasteiger partial charge is 0.385 e. The second kappa shape index (κ2) is 9.52. The summed E-state index contributed by atoms with van der Waals surface area (Å²) in [5.41, 5.74) is 0.994. The molecule has 0 saturated carbocycles. The van der Waals surface area contributed by atoms with Crippen LogP contribution in [0.5, 0.6) is 0 Å². The van der Waals surface area contributed by atoms with E-state index < -0.39 is 6.03 Å². The molecule has 2 rings (SSSR count). The van der Waals surface area contributed by atoms with Gasteiger partial charge in [-0.05, 0) is 31.5 Å². The summed E-state index contributed by atoms with van der Waals surface area (Å²) in [6.45, 7) is 3.18. The molecule has 2 aromatic rings. The van der Waals surface area contributed by atoms with E-state index in [2.05, 4.69) is 26.1 Å². The summed E-state index contributed by atoms with van der Waals surface area (Å²) in [6, 6.07) is 5.98. The van der Waals surface area contributed by atoms with Crippen LogP contribution in [0.2, 0.25) is 0 Å². The Balaban J connectivity index is 1.95. The molecular weight excluding hydrogens is 336 g/mol. The van der Waals surface area contributed by atoms with E-state index in [9.17, 15) is 9.59 Å². The number of aromatic nitrogens is 3. The Morgan fingerprint density at radius 1 is 1.35 bits per heavy atom. The number of carbonyl (C=O) groups excluding carboxylic acids is 2. The maximum Gasteiger partial charge on any atom is 0.319 e. The average Bonchev–Trinajstić information content (AvgIpc) is 3.10. The number of anilines is 1. The molecular formula is C17H24N6O3. The number of methoxy groups -OCH3 is 1. The third kappa shape index (κ3) is 5.28. The Hall–Kier alpha value is -2.94. The van der Waals surface area contributed by atoms with Crippen LogP contribution in [0.1, 0.15) is 35.6 Å². The summed E-state index contributed by atoms with van der Waals surface area (Å²) in [4.78, 5) is 23.9. The predicted octanol–water partition coefficient (Wildman–Crippen LogP) is 1.56. The lowest BCUT2D eigenvalue weighted by molar-refractivity contribution is 0.0963. The first-order valence-electron chi connectivity index (χ1n) is 8.31. The van der Waals surface area contributed by atoms with E-state index in [0.29, 0.717) is 30.2 Å². The molecule has 0 bridgehead atoms. The summed E-state index contributed by atoms with van der Waals surface area (Å²) in [7, 11) is 3.21. The van der Waals surface area contributed by atoms with Gasteiger partial charge in [0.25, 0.3) is 5.91 Å². The summed E-state index contributed by atoms with van der Waals surface area (Å²) in [6.07, 6.45) is 2.46. The monoisotopic (exact) mass is 360 g/mol. The van der Waals surface area contributed by atoms with Gasteiger partial charge in [-0.25, -0.2) is 4.79 Å². The highest BCUT2D eigenvalue weighted by Gasteiger charge is 2.16. The molecule has 1 aromatic heterocycles. The molecule has 9 heteroatoms. The minimum Gasteiger partial charge on any atom is -0.385 e. The van der Waals surface area contributed by atoms with Crippen LogP contribution in [0.3, 0.4) is 0 Å². The molecule has 0 aliphatic heterocycles. The molecule has 0 aliphatic rings. The number of amides is 3. The highest BCUT2D eigenvalue weighted by atomic mass is 16.5. The Labute approximate surface area is 152 Å². The lowest BCUT2D eigenvalue weighted by Crippen LogP contribution is -2.32. The lowest BCUT2D eigenvalue weighted by Gasteiger charge is -2.15. The van der Waals surface area contributed by atoms with Gasteiger partial charge in [0.2, 0.25) is 0 Å². The number of rotatable bonds is 8. The van der Waals surface area contributed by atoms with Gasteiger partial charge in [0, 0.05) is 38.6 Å². The minimum absolute atomic E-state index is 0.216. The van der Waals surface area contributed by atoms with Crippen molar-refractivity contribution in [1.82, 2.24) is 25.4 Å². The van der Waals surface area contributed by atoms with Gasteiger partial charge in [0.1, 0.15) is 6.33 Å². The van der Waals surface area contributed by atoms with E-state index in [1.165, 1.54) is 0 Å². The maximum atomic E-state index is 12.2. The van der Waals surface area contributed by atoms with Crippen LogP contribution in [-0.2, 0) is 11.3 Å². The molecule has 0 radical (unpaired) electrons. The molecule has 0 aliphatic carbocycles. The van der Waals surface area contributed by atoms with E-state index in [0.717, 1.165) is 6.42 Å². The number of ether oxygens (including phenoxy) is 1. The smallest absolute Gasteiger partial charge is 0.319 e. The first-order valence-corrected chi connectivity index (χ1v) is 8.31. The van der Waals surface area contributed by atoms with Crippen molar-refractivity contribution in [2.24, 2.45) is 0 Å². The minimum atomic E-state index is -0.391. The molecule has 0 fully saturated rings. The number of aryl methyl sites for hydroxylation is 1. The molecule has 3 amide bonds. The molecule has 0 unspecified atom stereocenters. The van der Waals surface area contributed by atoms with Crippen LogP contribution in [0.15, 0.2) is 30.6 Å². The van der Waals surface area contributed by atoms with Crippen molar-refractivity contribution in [3.8, 4) is 0 Å². The first kappa shape index (κ1) is 19.4. The number of carbonyl (C=O) groups is 2. The van der Waals surface area contributed by atoms with E-state index in [1.54, 1.807) is 44.8 Å². The molecule has 9 nitrogen and oxygen atoms in total.